The lowest BCUT2D eigenvalue weighted by Gasteiger charge is -2.14. The summed E-state index contributed by atoms with van der Waals surface area (Å²) < 4.78 is 20.0. The Labute approximate surface area is 163 Å². The Morgan fingerprint density at radius 1 is 0.821 bits per heavy atom. The quantitative estimate of drug-likeness (QED) is 0.527. The summed E-state index contributed by atoms with van der Waals surface area (Å²) in [6.07, 6.45) is 1.81. The van der Waals surface area contributed by atoms with Crippen LogP contribution in [0.25, 0.3) is 10.8 Å². The van der Waals surface area contributed by atoms with Gasteiger partial charge in [-0.05, 0) is 35.0 Å². The molecule has 4 rings (SSSR count). The lowest BCUT2D eigenvalue weighted by atomic mass is 10.0. The Morgan fingerprint density at radius 3 is 2.50 bits per heavy atom. The molecule has 0 aliphatic carbocycles. The van der Waals surface area contributed by atoms with E-state index in [-0.39, 0.29) is 12.4 Å². The van der Waals surface area contributed by atoms with E-state index >= 15 is 0 Å². The maximum Gasteiger partial charge on any atom is 0.129 e. The third-order valence-electron chi connectivity index (χ3n) is 4.77. The summed E-state index contributed by atoms with van der Waals surface area (Å²) in [5.41, 5.74) is 2.71. The monoisotopic (exact) mass is 373 g/mol. The van der Waals surface area contributed by atoms with Gasteiger partial charge >= 0.3 is 0 Å². The van der Waals surface area contributed by atoms with Crippen molar-refractivity contribution in [1.82, 2.24) is 4.98 Å². The van der Waals surface area contributed by atoms with Gasteiger partial charge in [-0.25, -0.2) is 4.39 Å². The fraction of sp³-hybridized carbons (Fsp3) is 0.125. The SMILES string of the molecule is Fc1ccccc1COc1ccc2ccccc2c1C[NH2+]Cc1ccccn1. The van der Waals surface area contributed by atoms with E-state index in [4.69, 9.17) is 4.74 Å². The van der Waals surface area contributed by atoms with Gasteiger partial charge in [-0.1, -0.05) is 54.6 Å². The molecule has 4 heteroatoms. The van der Waals surface area contributed by atoms with Crippen molar-refractivity contribution in [3.63, 3.8) is 0 Å². The van der Waals surface area contributed by atoms with Crippen LogP contribution >= 0.6 is 0 Å². The molecule has 3 aromatic carbocycles. The summed E-state index contributed by atoms with van der Waals surface area (Å²) in [5.74, 6) is 0.547. The van der Waals surface area contributed by atoms with Crippen LogP contribution in [0.2, 0.25) is 0 Å². The average Bonchev–Trinajstić information content (AvgIpc) is 2.74. The number of quaternary nitrogens is 1. The molecule has 0 saturated carbocycles. The van der Waals surface area contributed by atoms with E-state index in [1.54, 1.807) is 12.1 Å². The van der Waals surface area contributed by atoms with Crippen molar-refractivity contribution in [2.75, 3.05) is 0 Å². The zero-order chi connectivity index (χ0) is 19.2. The number of halogens is 1. The highest BCUT2D eigenvalue weighted by Gasteiger charge is 2.12. The molecule has 28 heavy (non-hydrogen) atoms. The number of hydrogen-bond donors (Lipinski definition) is 1. The molecule has 2 N–H and O–H groups in total. The highest BCUT2D eigenvalue weighted by atomic mass is 19.1. The molecule has 0 atom stereocenters. The van der Waals surface area contributed by atoms with Gasteiger partial charge < -0.3 is 10.1 Å². The van der Waals surface area contributed by atoms with Crippen LogP contribution in [0.1, 0.15) is 16.8 Å². The van der Waals surface area contributed by atoms with Crippen LogP contribution in [0, 0.1) is 5.82 Å². The third kappa shape index (κ3) is 4.18. The summed E-state index contributed by atoms with van der Waals surface area (Å²) >= 11 is 0. The van der Waals surface area contributed by atoms with Crippen molar-refractivity contribution in [3.05, 3.63) is 108 Å². The third-order valence-corrected chi connectivity index (χ3v) is 4.77. The Hall–Kier alpha value is -3.24. The van der Waals surface area contributed by atoms with Crippen LogP contribution in [-0.4, -0.2) is 4.98 Å². The van der Waals surface area contributed by atoms with Crippen molar-refractivity contribution in [3.8, 4) is 5.75 Å². The minimum atomic E-state index is -0.244. The number of hydrogen-bond acceptors (Lipinski definition) is 2. The second kappa shape index (κ2) is 8.63. The molecule has 1 heterocycles. The highest BCUT2D eigenvalue weighted by Crippen LogP contribution is 2.28. The number of aromatic nitrogens is 1. The molecule has 0 saturated heterocycles. The van der Waals surface area contributed by atoms with Crippen molar-refractivity contribution in [1.29, 1.82) is 0 Å². The van der Waals surface area contributed by atoms with Gasteiger partial charge in [0.25, 0.3) is 0 Å². The van der Waals surface area contributed by atoms with Gasteiger partial charge in [0.15, 0.2) is 0 Å². The van der Waals surface area contributed by atoms with Crippen molar-refractivity contribution < 1.29 is 14.4 Å². The molecule has 3 nitrogen and oxygen atoms in total. The van der Waals surface area contributed by atoms with Crippen LogP contribution in [-0.2, 0) is 19.7 Å². The van der Waals surface area contributed by atoms with Gasteiger partial charge in [0.2, 0.25) is 0 Å². The van der Waals surface area contributed by atoms with Gasteiger partial charge in [-0.3, -0.25) is 4.98 Å². The average molecular weight is 373 g/mol. The number of ether oxygens (including phenoxy) is 1. The van der Waals surface area contributed by atoms with Crippen molar-refractivity contribution in [2.24, 2.45) is 0 Å². The molecular formula is C24H22FN2O+. The standard InChI is InChI=1S/C24H21FN2O/c25-23-11-4-2-8-19(23)17-28-24-13-12-18-7-1-3-10-21(18)22(24)16-26-15-20-9-5-6-14-27-20/h1-14,26H,15-17H2/p+1. The fourth-order valence-corrected chi connectivity index (χ4v) is 3.32. The number of pyridine rings is 1. The maximum absolute atomic E-state index is 13.9. The molecule has 0 unspecified atom stereocenters. The molecule has 140 valence electrons. The summed E-state index contributed by atoms with van der Waals surface area (Å²) in [5, 5.41) is 4.54. The van der Waals surface area contributed by atoms with Crippen LogP contribution in [0.15, 0.2) is 85.1 Å². The first-order valence-corrected chi connectivity index (χ1v) is 9.39. The molecule has 0 radical (unpaired) electrons. The second-order valence-corrected chi connectivity index (χ2v) is 6.66. The highest BCUT2D eigenvalue weighted by molar-refractivity contribution is 5.87. The minimum Gasteiger partial charge on any atom is -0.488 e. The number of nitrogens with zero attached hydrogens (tertiary/aromatic N) is 1. The number of nitrogens with two attached hydrogens (primary N) is 1. The molecule has 0 aliphatic heterocycles. The van der Waals surface area contributed by atoms with Gasteiger partial charge in [-0.2, -0.15) is 0 Å². The van der Waals surface area contributed by atoms with E-state index in [0.717, 1.165) is 35.5 Å². The van der Waals surface area contributed by atoms with Gasteiger partial charge in [0, 0.05) is 11.8 Å². The number of rotatable bonds is 7. The Balaban J connectivity index is 1.56. The van der Waals surface area contributed by atoms with Crippen molar-refractivity contribution >= 4 is 10.8 Å². The first-order chi connectivity index (χ1) is 13.8. The zero-order valence-corrected chi connectivity index (χ0v) is 15.5. The van der Waals surface area contributed by atoms with Gasteiger partial charge in [0.05, 0.1) is 11.3 Å². The molecule has 1 aromatic heterocycles. The Morgan fingerprint density at radius 2 is 1.64 bits per heavy atom. The van der Waals surface area contributed by atoms with E-state index in [1.807, 2.05) is 54.7 Å². The molecule has 0 bridgehead atoms. The van der Waals surface area contributed by atoms with Crippen LogP contribution in [0.5, 0.6) is 5.75 Å². The Kier molecular flexibility index (Phi) is 5.59. The fourth-order valence-electron chi connectivity index (χ4n) is 3.32. The van der Waals surface area contributed by atoms with E-state index in [9.17, 15) is 4.39 Å². The van der Waals surface area contributed by atoms with E-state index in [0.29, 0.717) is 5.56 Å². The smallest absolute Gasteiger partial charge is 0.129 e. The normalized spacial score (nSPS) is 10.9. The summed E-state index contributed by atoms with van der Waals surface area (Å²) in [6, 6.07) is 25.0. The molecule has 0 spiro atoms. The second-order valence-electron chi connectivity index (χ2n) is 6.66. The predicted molar refractivity (Wildman–Crippen MR) is 108 cm³/mol. The van der Waals surface area contributed by atoms with E-state index < -0.39 is 0 Å². The molecule has 4 aromatic rings. The molecule has 0 aliphatic rings. The van der Waals surface area contributed by atoms with E-state index in [1.165, 1.54) is 11.5 Å². The maximum atomic E-state index is 13.9. The van der Waals surface area contributed by atoms with Gasteiger partial charge in [-0.15, -0.1) is 0 Å². The minimum absolute atomic E-state index is 0.207. The topological polar surface area (TPSA) is 38.7 Å². The lowest BCUT2D eigenvalue weighted by molar-refractivity contribution is -0.686. The summed E-state index contributed by atoms with van der Waals surface area (Å²) in [6.45, 7) is 1.75. The number of benzene rings is 3. The first kappa shape index (κ1) is 18.1. The zero-order valence-electron chi connectivity index (χ0n) is 15.5. The predicted octanol–water partition coefficient (Wildman–Crippen LogP) is 4.22. The largest absolute Gasteiger partial charge is 0.488 e. The summed E-state index contributed by atoms with van der Waals surface area (Å²) in [4.78, 5) is 4.38. The van der Waals surface area contributed by atoms with Crippen LogP contribution in [0.3, 0.4) is 0 Å². The van der Waals surface area contributed by atoms with Crippen LogP contribution in [0.4, 0.5) is 4.39 Å². The molecule has 0 amide bonds. The van der Waals surface area contributed by atoms with E-state index in [2.05, 4.69) is 22.4 Å². The lowest BCUT2D eigenvalue weighted by Crippen LogP contribution is -2.80. The first-order valence-electron chi connectivity index (χ1n) is 9.39. The number of fused-ring (bicyclic) bond motifs is 1. The Bertz CT molecular complexity index is 1070. The molecule has 0 fully saturated rings. The summed E-state index contributed by atoms with van der Waals surface area (Å²) in [7, 11) is 0. The van der Waals surface area contributed by atoms with Gasteiger partial charge in [0.1, 0.15) is 31.3 Å². The van der Waals surface area contributed by atoms with Crippen molar-refractivity contribution in [2.45, 2.75) is 19.7 Å². The molecular weight excluding hydrogens is 351 g/mol. The van der Waals surface area contributed by atoms with Crippen LogP contribution < -0.4 is 10.1 Å².